The first-order chi connectivity index (χ1) is 38.9. The Labute approximate surface area is 508 Å². The molecule has 0 aromatic heterocycles. The third-order valence-corrected chi connectivity index (χ3v) is 17.8. The van der Waals surface area contributed by atoms with Gasteiger partial charge in [0, 0.05) is 55.2 Å². The Balaban J connectivity index is 0.000000243. The molecule has 1 aliphatic heterocycles. The third-order valence-electron chi connectivity index (χ3n) is 11.6. The summed E-state index contributed by atoms with van der Waals surface area (Å²) in [5.41, 5.74) is 13.4. The van der Waals surface area contributed by atoms with Crippen molar-refractivity contribution in [3.05, 3.63) is 173 Å². The number of thiol groups is 2. The topological polar surface area (TPSA) is 195 Å². The summed E-state index contributed by atoms with van der Waals surface area (Å²) in [7, 11) is 5.93. The van der Waals surface area contributed by atoms with Crippen LogP contribution in [0.3, 0.4) is 0 Å². The number of ether oxygens (including phenoxy) is 1. The number of unbranched alkanes of at least 4 members (excludes halogenated alkanes) is 6. The molecule has 0 aliphatic carbocycles. The predicted octanol–water partition coefficient (Wildman–Crippen LogP) is 14.4. The van der Waals surface area contributed by atoms with Crippen LogP contribution in [0, 0.1) is 0 Å². The minimum absolute atomic E-state index is 0.00391. The van der Waals surface area contributed by atoms with E-state index >= 15 is 0 Å². The van der Waals surface area contributed by atoms with Crippen molar-refractivity contribution in [2.45, 2.75) is 106 Å². The second-order valence-electron chi connectivity index (χ2n) is 17.7. The average Bonchev–Trinajstić information content (AvgIpc) is 3.47. The Morgan fingerprint density at radius 2 is 0.950 bits per heavy atom. The fourth-order valence-corrected chi connectivity index (χ4v) is 13.0. The number of hydrogen-bond acceptors (Lipinski definition) is 15. The van der Waals surface area contributed by atoms with Gasteiger partial charge in [0.25, 0.3) is 28.2 Å². The highest BCUT2D eigenvalue weighted by Gasteiger charge is 2.16. The maximum Gasteiger partial charge on any atom is 0.253 e. The molecule has 6 aromatic carbocycles. The van der Waals surface area contributed by atoms with Crippen LogP contribution in [0.15, 0.2) is 175 Å². The monoisotopic (exact) mass is 1230 g/mol. The van der Waals surface area contributed by atoms with Crippen LogP contribution in [0.5, 0.6) is 5.75 Å². The standard InChI is InChI=1S/2C20H24N2O2S2.C14H8Cl2O2S2.C6H16N2/c23-20-16-9-3-5-11-18(16)25-26-19-12-6-4-10-17(19)24-15-21-13-7-1-2-8-14-22-20;23-19(15-9-3-5-11-17(15)25)21-13-7-1-2-8-14-22-20(24)16-10-4-6-12-18(16)26;15-13(17)9-5-1-3-7-11(9)19-20-12-8-4-2-6-10(12)14(16)18;7-5-3-1-2-4-6-8/h3-6,9-12,21H,1-2,7-8,13-15H2,(H,22,23);3-6,9-12,25-26H,1-2,7-8,13-14H2,(H,21,23)(H,22,24);1-8H;1-8H2. The zero-order valence-electron chi connectivity index (χ0n) is 44.7. The predicted molar refractivity (Wildman–Crippen MR) is 341 cm³/mol. The summed E-state index contributed by atoms with van der Waals surface area (Å²) in [5, 5.41) is 11.2. The summed E-state index contributed by atoms with van der Waals surface area (Å²) in [5.74, 6) is 0.689. The lowest BCUT2D eigenvalue weighted by molar-refractivity contribution is 0.0940. The van der Waals surface area contributed by atoms with Crippen LogP contribution in [0.1, 0.15) is 129 Å². The van der Waals surface area contributed by atoms with E-state index in [0.29, 0.717) is 51.9 Å². The van der Waals surface area contributed by atoms with E-state index in [1.54, 1.807) is 82.3 Å². The van der Waals surface area contributed by atoms with Crippen LogP contribution in [-0.2, 0) is 0 Å². The number of nitrogens with two attached hydrogens (primary N) is 2. The second-order valence-corrected chi connectivity index (χ2v) is 23.8. The van der Waals surface area contributed by atoms with Gasteiger partial charge in [-0.15, -0.1) is 25.3 Å². The molecule has 7 rings (SSSR count). The van der Waals surface area contributed by atoms with Gasteiger partial charge in [-0.3, -0.25) is 29.3 Å². The van der Waals surface area contributed by atoms with Crippen molar-refractivity contribution in [2.75, 3.05) is 46.0 Å². The Morgan fingerprint density at radius 3 is 1.46 bits per heavy atom. The second kappa shape index (κ2) is 41.4. The van der Waals surface area contributed by atoms with Crippen molar-refractivity contribution in [2.24, 2.45) is 11.5 Å². The van der Waals surface area contributed by atoms with Gasteiger partial charge in [-0.25, -0.2) is 0 Å². The zero-order valence-corrected chi connectivity index (χ0v) is 51.2. The lowest BCUT2D eigenvalue weighted by Crippen LogP contribution is -2.25. The van der Waals surface area contributed by atoms with Crippen molar-refractivity contribution in [1.82, 2.24) is 21.3 Å². The molecule has 20 heteroatoms. The number of nitrogens with one attached hydrogen (secondary N) is 4. The van der Waals surface area contributed by atoms with Crippen LogP contribution >= 0.6 is 91.6 Å². The van der Waals surface area contributed by atoms with Crippen LogP contribution in [-0.4, -0.2) is 74.2 Å². The zero-order chi connectivity index (χ0) is 57.6. The quantitative estimate of drug-likeness (QED) is 0.0165. The van der Waals surface area contributed by atoms with Crippen LogP contribution in [0.2, 0.25) is 0 Å². The molecule has 1 aliphatic rings. The number of fused-ring (bicyclic) bond motifs is 2. The van der Waals surface area contributed by atoms with Gasteiger partial charge in [-0.05, 0) is 165 Å². The fraction of sp³-hybridized carbons (Fsp3) is 0.317. The summed E-state index contributed by atoms with van der Waals surface area (Å²) < 4.78 is 5.90. The number of halogens is 2. The summed E-state index contributed by atoms with van der Waals surface area (Å²) in [6, 6.07) is 44.4. The molecule has 8 N–H and O–H groups in total. The van der Waals surface area contributed by atoms with E-state index in [1.165, 1.54) is 34.4 Å². The molecule has 0 spiro atoms. The number of carbonyl (C=O) groups excluding carboxylic acids is 5. The number of rotatable bonds is 19. The first-order valence-corrected chi connectivity index (χ1v) is 32.5. The number of para-hydroxylation sites is 1. The number of benzene rings is 6. The van der Waals surface area contributed by atoms with Gasteiger partial charge in [0.2, 0.25) is 0 Å². The van der Waals surface area contributed by atoms with Crippen molar-refractivity contribution >= 4 is 120 Å². The number of carbonyl (C=O) groups is 5. The molecule has 12 nitrogen and oxygen atoms in total. The van der Waals surface area contributed by atoms with Crippen molar-refractivity contribution in [1.29, 1.82) is 0 Å². The SMILES string of the molecule is NCCCCCCN.O=C(Cl)c1ccccc1SSc1ccccc1C(=O)Cl.O=C(NCCCCCCNC(=O)c1ccccc1S)c1ccccc1S.O=C1NCCCCCCNCOc2ccccc2SSc2ccccc21. The molecule has 0 saturated heterocycles. The molecule has 428 valence electrons. The van der Waals surface area contributed by atoms with Crippen molar-refractivity contribution in [3.63, 3.8) is 0 Å². The van der Waals surface area contributed by atoms with Crippen LogP contribution in [0.25, 0.3) is 0 Å². The first kappa shape index (κ1) is 67.9. The fourth-order valence-electron chi connectivity index (χ4n) is 7.35. The van der Waals surface area contributed by atoms with Gasteiger partial charge < -0.3 is 32.2 Å². The van der Waals surface area contributed by atoms with E-state index in [9.17, 15) is 24.0 Å². The molecular weight excluding hydrogens is 1160 g/mol. The number of amides is 3. The van der Waals surface area contributed by atoms with Crippen molar-refractivity contribution < 1.29 is 28.7 Å². The average molecular weight is 1240 g/mol. The van der Waals surface area contributed by atoms with E-state index in [1.807, 2.05) is 84.9 Å². The minimum Gasteiger partial charge on any atom is -0.477 e. The highest BCUT2D eigenvalue weighted by atomic mass is 35.5. The Bertz CT molecular complexity index is 2710. The highest BCUT2D eigenvalue weighted by Crippen LogP contribution is 2.43. The Kier molecular flexibility index (Phi) is 35.2. The molecule has 0 saturated carbocycles. The van der Waals surface area contributed by atoms with Gasteiger partial charge in [0.15, 0.2) is 0 Å². The van der Waals surface area contributed by atoms with E-state index in [2.05, 4.69) is 46.5 Å². The van der Waals surface area contributed by atoms with Crippen molar-refractivity contribution in [3.8, 4) is 5.75 Å². The normalized spacial score (nSPS) is 12.5. The highest BCUT2D eigenvalue weighted by molar-refractivity contribution is 8.77. The van der Waals surface area contributed by atoms with E-state index < -0.39 is 10.5 Å². The van der Waals surface area contributed by atoms with Gasteiger partial charge in [0.05, 0.1) is 21.6 Å². The molecule has 0 fully saturated rings. The first-order valence-electron chi connectivity index (χ1n) is 26.5. The molecular formula is C60H72Cl2N6O6S6. The Hall–Kier alpha value is -4.57. The maximum atomic E-state index is 12.5. The molecule has 0 unspecified atom stereocenters. The molecule has 6 aromatic rings. The van der Waals surface area contributed by atoms with Crippen LogP contribution in [0.4, 0.5) is 0 Å². The largest absolute Gasteiger partial charge is 0.477 e. The van der Waals surface area contributed by atoms with Gasteiger partial charge in [0.1, 0.15) is 12.5 Å². The summed E-state index contributed by atoms with van der Waals surface area (Å²) in [4.78, 5) is 64.1. The summed E-state index contributed by atoms with van der Waals surface area (Å²) in [6.45, 7) is 5.11. The molecule has 1 heterocycles. The van der Waals surface area contributed by atoms with E-state index in [4.69, 9.17) is 39.4 Å². The summed E-state index contributed by atoms with van der Waals surface area (Å²) in [6.07, 6.45) is 13.0. The smallest absolute Gasteiger partial charge is 0.253 e. The minimum atomic E-state index is -0.504. The molecule has 80 heavy (non-hydrogen) atoms. The molecule has 0 radical (unpaired) electrons. The van der Waals surface area contributed by atoms with Gasteiger partial charge >= 0.3 is 0 Å². The number of hydrogen-bond donors (Lipinski definition) is 8. The van der Waals surface area contributed by atoms with Gasteiger partial charge in [-0.1, -0.05) is 144 Å². The summed E-state index contributed by atoms with van der Waals surface area (Å²) >= 11 is 19.6. The third kappa shape index (κ3) is 26.6. The molecule has 0 bridgehead atoms. The van der Waals surface area contributed by atoms with E-state index in [0.717, 1.165) is 121 Å². The lowest BCUT2D eigenvalue weighted by atomic mass is 10.1. The Morgan fingerprint density at radius 1 is 0.525 bits per heavy atom. The van der Waals surface area contributed by atoms with E-state index in [-0.39, 0.29) is 17.7 Å². The lowest BCUT2D eigenvalue weighted by Gasteiger charge is -2.12. The van der Waals surface area contributed by atoms with Crippen LogP contribution < -0.4 is 37.5 Å². The van der Waals surface area contributed by atoms with Gasteiger partial charge in [-0.2, -0.15) is 0 Å². The maximum absolute atomic E-state index is 12.5. The molecule has 0 atom stereocenters. The molecule has 3 amide bonds.